The van der Waals surface area contributed by atoms with E-state index in [0.717, 1.165) is 22.1 Å². The van der Waals surface area contributed by atoms with Crippen LogP contribution in [0.1, 0.15) is 6.92 Å². The molecule has 0 bridgehead atoms. The molecular weight excluding hydrogens is 296 g/mol. The van der Waals surface area contributed by atoms with Gasteiger partial charge >= 0.3 is 0 Å². The van der Waals surface area contributed by atoms with E-state index >= 15 is 0 Å². The highest BCUT2D eigenvalue weighted by molar-refractivity contribution is 7.99. The monoisotopic (exact) mass is 306 g/mol. The molecule has 102 valence electrons. The first-order valence-corrected chi connectivity index (χ1v) is 7.20. The molecule has 0 aliphatic carbocycles. The minimum absolute atomic E-state index is 0.559. The van der Waals surface area contributed by atoms with Gasteiger partial charge in [-0.25, -0.2) is 15.0 Å². The molecule has 0 saturated carbocycles. The van der Waals surface area contributed by atoms with Crippen LogP contribution < -0.4 is 5.32 Å². The Morgan fingerprint density at radius 1 is 1.30 bits per heavy atom. The van der Waals surface area contributed by atoms with E-state index < -0.39 is 0 Å². The quantitative estimate of drug-likeness (QED) is 0.721. The summed E-state index contributed by atoms with van der Waals surface area (Å²) in [4.78, 5) is 20.3. The standard InChI is InChI=1S/C12H11ClN6S/c1-2-14-12-18-10-9(16-6-17-10)11(19-12)20-8-4-3-7(13)5-15-8/h3-6H,2H2,1H3,(H2,14,16,17,18,19). The summed E-state index contributed by atoms with van der Waals surface area (Å²) < 4.78 is 0. The van der Waals surface area contributed by atoms with Gasteiger partial charge in [0.1, 0.15) is 15.6 Å². The lowest BCUT2D eigenvalue weighted by Crippen LogP contribution is -2.03. The van der Waals surface area contributed by atoms with E-state index in [2.05, 4.69) is 30.2 Å². The van der Waals surface area contributed by atoms with Crippen LogP contribution in [0.15, 0.2) is 34.7 Å². The Kier molecular flexibility index (Phi) is 3.70. The van der Waals surface area contributed by atoms with Crippen LogP contribution in [0.2, 0.25) is 5.02 Å². The van der Waals surface area contributed by atoms with Crippen LogP contribution in [-0.4, -0.2) is 31.5 Å². The molecule has 8 heteroatoms. The van der Waals surface area contributed by atoms with Crippen molar-refractivity contribution < 1.29 is 0 Å². The molecule has 0 fully saturated rings. The molecule has 0 radical (unpaired) electrons. The second-order valence-electron chi connectivity index (χ2n) is 3.90. The number of halogens is 1. The summed E-state index contributed by atoms with van der Waals surface area (Å²) in [5.41, 5.74) is 1.43. The fraction of sp³-hybridized carbons (Fsp3) is 0.167. The molecule has 0 aliphatic heterocycles. The maximum absolute atomic E-state index is 5.84. The van der Waals surface area contributed by atoms with Gasteiger partial charge < -0.3 is 10.3 Å². The van der Waals surface area contributed by atoms with Crippen LogP contribution in [0.5, 0.6) is 0 Å². The lowest BCUT2D eigenvalue weighted by atomic mass is 10.5. The van der Waals surface area contributed by atoms with Crippen molar-refractivity contribution in [3.8, 4) is 0 Å². The SMILES string of the molecule is CCNc1nc(Sc2ccc(Cl)cn2)c2[nH]cnc2n1. The number of pyridine rings is 1. The van der Waals surface area contributed by atoms with E-state index in [9.17, 15) is 0 Å². The third-order valence-electron chi connectivity index (χ3n) is 2.49. The van der Waals surface area contributed by atoms with Crippen LogP contribution >= 0.6 is 23.4 Å². The van der Waals surface area contributed by atoms with Gasteiger partial charge in [-0.1, -0.05) is 11.6 Å². The lowest BCUT2D eigenvalue weighted by Gasteiger charge is -2.05. The molecule has 0 aromatic carbocycles. The van der Waals surface area contributed by atoms with Gasteiger partial charge in [0.25, 0.3) is 0 Å². The number of aromatic amines is 1. The zero-order chi connectivity index (χ0) is 13.9. The Morgan fingerprint density at radius 3 is 2.95 bits per heavy atom. The first-order chi connectivity index (χ1) is 9.76. The number of fused-ring (bicyclic) bond motifs is 1. The number of nitrogens with zero attached hydrogens (tertiary/aromatic N) is 4. The lowest BCUT2D eigenvalue weighted by molar-refractivity contribution is 1.03. The minimum atomic E-state index is 0.559. The zero-order valence-corrected chi connectivity index (χ0v) is 12.2. The Balaban J connectivity index is 2.00. The predicted molar refractivity (Wildman–Crippen MR) is 79.2 cm³/mol. The van der Waals surface area contributed by atoms with Crippen molar-refractivity contribution in [3.63, 3.8) is 0 Å². The molecule has 0 amide bonds. The van der Waals surface area contributed by atoms with Crippen LogP contribution in [0.3, 0.4) is 0 Å². The number of nitrogens with one attached hydrogen (secondary N) is 2. The maximum Gasteiger partial charge on any atom is 0.225 e. The Bertz CT molecular complexity index is 726. The predicted octanol–water partition coefficient (Wildman–Crippen LogP) is 2.98. The van der Waals surface area contributed by atoms with E-state index in [1.165, 1.54) is 11.8 Å². The third-order valence-corrected chi connectivity index (χ3v) is 3.65. The second kappa shape index (κ2) is 5.64. The normalized spacial score (nSPS) is 10.9. The first-order valence-electron chi connectivity index (χ1n) is 6.00. The molecule has 20 heavy (non-hydrogen) atoms. The highest BCUT2D eigenvalue weighted by Crippen LogP contribution is 2.30. The third kappa shape index (κ3) is 2.68. The maximum atomic E-state index is 5.84. The van der Waals surface area contributed by atoms with Crippen LogP contribution in [0.4, 0.5) is 5.95 Å². The van der Waals surface area contributed by atoms with Gasteiger partial charge in [0, 0.05) is 12.7 Å². The molecule has 3 heterocycles. The van der Waals surface area contributed by atoms with Crippen molar-refractivity contribution in [2.24, 2.45) is 0 Å². The van der Waals surface area contributed by atoms with Crippen molar-refractivity contribution >= 4 is 40.5 Å². The Hall–Kier alpha value is -1.86. The molecule has 3 aromatic rings. The van der Waals surface area contributed by atoms with Crippen molar-refractivity contribution in [1.82, 2.24) is 24.9 Å². The molecular formula is C12H11ClN6S. The number of anilines is 1. The molecule has 2 N–H and O–H groups in total. The minimum Gasteiger partial charge on any atom is -0.354 e. The number of imidazole rings is 1. The van der Waals surface area contributed by atoms with E-state index in [0.29, 0.717) is 16.6 Å². The molecule has 0 unspecified atom stereocenters. The van der Waals surface area contributed by atoms with E-state index in [1.54, 1.807) is 18.6 Å². The number of aromatic nitrogens is 5. The largest absolute Gasteiger partial charge is 0.354 e. The fourth-order valence-corrected chi connectivity index (χ4v) is 2.58. The number of H-pyrrole nitrogens is 1. The molecule has 0 saturated heterocycles. The molecule has 3 rings (SSSR count). The van der Waals surface area contributed by atoms with Crippen molar-refractivity contribution in [2.75, 3.05) is 11.9 Å². The first kappa shape index (κ1) is 13.1. The van der Waals surface area contributed by atoms with E-state index in [4.69, 9.17) is 11.6 Å². The average Bonchev–Trinajstić information content (AvgIpc) is 2.90. The topological polar surface area (TPSA) is 79.4 Å². The van der Waals surface area contributed by atoms with Gasteiger partial charge in [-0.05, 0) is 30.8 Å². The van der Waals surface area contributed by atoms with Gasteiger partial charge in [0.05, 0.1) is 11.3 Å². The number of hydrogen-bond donors (Lipinski definition) is 2. The van der Waals surface area contributed by atoms with Gasteiger partial charge in [-0.3, -0.25) is 0 Å². The molecule has 3 aromatic heterocycles. The van der Waals surface area contributed by atoms with Crippen molar-refractivity contribution in [2.45, 2.75) is 17.0 Å². The number of hydrogen-bond acceptors (Lipinski definition) is 6. The highest BCUT2D eigenvalue weighted by atomic mass is 35.5. The van der Waals surface area contributed by atoms with E-state index in [1.807, 2.05) is 13.0 Å². The van der Waals surface area contributed by atoms with Crippen LogP contribution in [0.25, 0.3) is 11.2 Å². The van der Waals surface area contributed by atoms with Crippen molar-refractivity contribution in [3.05, 3.63) is 29.7 Å². The summed E-state index contributed by atoms with van der Waals surface area (Å²) in [7, 11) is 0. The summed E-state index contributed by atoms with van der Waals surface area (Å²) in [5.74, 6) is 0.559. The summed E-state index contributed by atoms with van der Waals surface area (Å²) in [5, 5.41) is 5.29. The summed E-state index contributed by atoms with van der Waals surface area (Å²) in [6, 6.07) is 3.65. The Labute approximate surface area is 124 Å². The molecule has 0 aliphatic rings. The summed E-state index contributed by atoms with van der Waals surface area (Å²) >= 11 is 7.27. The second-order valence-corrected chi connectivity index (χ2v) is 5.35. The van der Waals surface area contributed by atoms with Crippen LogP contribution in [0, 0.1) is 0 Å². The fourth-order valence-electron chi connectivity index (χ4n) is 1.64. The summed E-state index contributed by atoms with van der Waals surface area (Å²) in [6.45, 7) is 2.74. The highest BCUT2D eigenvalue weighted by Gasteiger charge is 2.11. The summed E-state index contributed by atoms with van der Waals surface area (Å²) in [6.07, 6.45) is 3.22. The van der Waals surface area contributed by atoms with Crippen LogP contribution in [-0.2, 0) is 0 Å². The molecule has 6 nitrogen and oxygen atoms in total. The zero-order valence-electron chi connectivity index (χ0n) is 10.6. The van der Waals surface area contributed by atoms with Crippen molar-refractivity contribution in [1.29, 1.82) is 0 Å². The average molecular weight is 307 g/mol. The smallest absolute Gasteiger partial charge is 0.225 e. The molecule has 0 atom stereocenters. The number of rotatable bonds is 4. The van der Waals surface area contributed by atoms with E-state index in [-0.39, 0.29) is 0 Å². The van der Waals surface area contributed by atoms with Gasteiger partial charge in [-0.2, -0.15) is 4.98 Å². The van der Waals surface area contributed by atoms with Gasteiger partial charge in [0.15, 0.2) is 5.65 Å². The molecule has 0 spiro atoms. The van der Waals surface area contributed by atoms with Gasteiger partial charge in [-0.15, -0.1) is 0 Å². The van der Waals surface area contributed by atoms with Gasteiger partial charge in [0.2, 0.25) is 5.95 Å². The Morgan fingerprint density at radius 2 is 2.20 bits per heavy atom.